The minimum atomic E-state index is -1.69. The number of hydrogen-bond donors (Lipinski definition) is 0. The maximum Gasteiger partial charge on any atom is 0.342 e. The fourth-order valence-corrected chi connectivity index (χ4v) is 7.59. The molecule has 1 fully saturated rings. The highest BCUT2D eigenvalue weighted by Crippen LogP contribution is 2.41. The molecule has 12 nitrogen and oxygen atoms in total. The van der Waals surface area contributed by atoms with E-state index in [0.29, 0.717) is 54.4 Å². The maximum absolute atomic E-state index is 14.0. The summed E-state index contributed by atoms with van der Waals surface area (Å²) in [4.78, 5) is 45.1. The fourth-order valence-electron chi connectivity index (χ4n) is 6.52. The number of amidine groups is 1. The summed E-state index contributed by atoms with van der Waals surface area (Å²) >= 11 is 1.35. The highest BCUT2D eigenvalue weighted by Gasteiger charge is 2.52. The summed E-state index contributed by atoms with van der Waals surface area (Å²) in [5.74, 6) is 0.503. The number of hydrazine groups is 1. The van der Waals surface area contributed by atoms with Gasteiger partial charge in [0.1, 0.15) is 5.75 Å². The average Bonchev–Trinajstić information content (AvgIpc) is 3.16. The first-order valence-corrected chi connectivity index (χ1v) is 17.3. The van der Waals surface area contributed by atoms with E-state index in [9.17, 15) is 25.0 Å². The van der Waals surface area contributed by atoms with E-state index in [1.807, 2.05) is 54.6 Å². The van der Waals surface area contributed by atoms with Gasteiger partial charge in [0.25, 0.3) is 5.69 Å². The number of piperidine rings is 1. The molecule has 1 amide bonds. The Morgan fingerprint density at radius 1 is 1.06 bits per heavy atom. The number of methoxy groups -OCH3 is 2. The number of nitriles is 1. The summed E-state index contributed by atoms with van der Waals surface area (Å²) in [7, 11) is 2.87. The second-order valence-corrected chi connectivity index (χ2v) is 13.2. The van der Waals surface area contributed by atoms with Crippen LogP contribution in [-0.4, -0.2) is 77.8 Å². The summed E-state index contributed by atoms with van der Waals surface area (Å²) in [6, 6.07) is 25.7. The lowest BCUT2D eigenvalue weighted by molar-refractivity contribution is -0.384. The number of allylic oxidation sites excluding steroid dienone is 1. The van der Waals surface area contributed by atoms with Crippen LogP contribution in [0.5, 0.6) is 5.75 Å². The zero-order chi connectivity index (χ0) is 35.7. The molecule has 0 saturated carbocycles. The van der Waals surface area contributed by atoms with E-state index in [2.05, 4.69) is 11.0 Å². The van der Waals surface area contributed by atoms with E-state index in [1.165, 1.54) is 48.1 Å². The lowest BCUT2D eigenvalue weighted by Crippen LogP contribution is -2.61. The van der Waals surface area contributed by atoms with Crippen molar-refractivity contribution in [2.24, 2.45) is 4.99 Å². The second kappa shape index (κ2) is 16.0. The van der Waals surface area contributed by atoms with Crippen LogP contribution < -0.4 is 4.74 Å². The number of likely N-dealkylation sites (tertiary alicyclic amines) is 1. The molecule has 2 aliphatic heterocycles. The lowest BCUT2D eigenvalue weighted by Gasteiger charge is -2.47. The van der Waals surface area contributed by atoms with Crippen LogP contribution in [0, 0.1) is 21.4 Å². The molecule has 50 heavy (non-hydrogen) atoms. The topological polar surface area (TPSA) is 142 Å². The fraction of sp³-hybridized carbons (Fsp3) is 0.351. The molecule has 1 unspecified atom stereocenters. The van der Waals surface area contributed by atoms with E-state index < -0.39 is 21.8 Å². The minimum Gasteiger partial charge on any atom is -0.497 e. The summed E-state index contributed by atoms with van der Waals surface area (Å²) < 4.78 is 10.7. The van der Waals surface area contributed by atoms with Gasteiger partial charge >= 0.3 is 5.97 Å². The molecular weight excluding hydrogens is 657 g/mol. The van der Waals surface area contributed by atoms with Gasteiger partial charge < -0.3 is 14.4 Å². The van der Waals surface area contributed by atoms with Gasteiger partial charge in [-0.05, 0) is 92.9 Å². The predicted molar refractivity (Wildman–Crippen MR) is 191 cm³/mol. The van der Waals surface area contributed by atoms with Crippen LogP contribution in [0.2, 0.25) is 0 Å². The predicted octanol–water partition coefficient (Wildman–Crippen LogP) is 5.80. The Hall–Kier alpha value is -5.19. The van der Waals surface area contributed by atoms with Crippen LogP contribution in [0.3, 0.4) is 0 Å². The minimum absolute atomic E-state index is 0.138. The number of ether oxygens (including phenoxy) is 2. The normalized spacial score (nSPS) is 18.6. The molecule has 5 rings (SSSR count). The number of amides is 1. The van der Waals surface area contributed by atoms with Crippen molar-refractivity contribution in [1.82, 2.24) is 14.9 Å². The summed E-state index contributed by atoms with van der Waals surface area (Å²) in [5.41, 5.74) is 0.544. The zero-order valence-electron chi connectivity index (χ0n) is 28.4. The summed E-state index contributed by atoms with van der Waals surface area (Å²) in [5, 5.41) is 25.0. The summed E-state index contributed by atoms with van der Waals surface area (Å²) in [6.45, 7) is 4.12. The molecule has 0 bridgehead atoms. The van der Waals surface area contributed by atoms with Gasteiger partial charge in [0.2, 0.25) is 11.9 Å². The van der Waals surface area contributed by atoms with Crippen molar-refractivity contribution in [3.05, 3.63) is 117 Å². The van der Waals surface area contributed by atoms with Crippen molar-refractivity contribution < 1.29 is 24.0 Å². The molecule has 2 heterocycles. The first-order chi connectivity index (χ1) is 24.2. The Labute approximate surface area is 296 Å². The van der Waals surface area contributed by atoms with Crippen LogP contribution in [0.4, 0.5) is 5.69 Å². The molecule has 3 aromatic carbocycles. The Bertz CT molecular complexity index is 1770. The van der Waals surface area contributed by atoms with Crippen molar-refractivity contribution in [3.63, 3.8) is 0 Å². The van der Waals surface area contributed by atoms with Crippen LogP contribution in [-0.2, 0) is 31.0 Å². The smallest absolute Gasteiger partial charge is 0.342 e. The average molecular weight is 697 g/mol. The highest BCUT2D eigenvalue weighted by molar-refractivity contribution is 8.13. The molecule has 2 aliphatic rings. The number of aliphatic imine (C=N–C) groups is 1. The second-order valence-electron chi connectivity index (χ2n) is 12.2. The third-order valence-corrected chi connectivity index (χ3v) is 10.2. The van der Waals surface area contributed by atoms with Crippen LogP contribution in [0.15, 0.2) is 95.6 Å². The number of esters is 1. The molecule has 3 aromatic rings. The van der Waals surface area contributed by atoms with Crippen LogP contribution in [0.25, 0.3) is 0 Å². The highest BCUT2D eigenvalue weighted by atomic mass is 32.2. The van der Waals surface area contributed by atoms with Gasteiger partial charge in [-0.15, -0.1) is 0 Å². The van der Waals surface area contributed by atoms with Gasteiger partial charge in [-0.25, -0.2) is 14.8 Å². The quantitative estimate of drug-likeness (QED) is 0.0932. The number of nitro benzene ring substituents is 1. The standard InChI is InChI=1S/C37H40N6O6S/c1-28-24-37(34(45)49-3,31-12-14-32(15-13-31)43(46)47)42(35(39-28)50-25-29-10-16-33(48-2)17-11-29)41(27-44)21-7-20-40-22-18-36(26-38,19-23-40)30-8-5-4-6-9-30/h4-6,8-17,24,27H,7,18-23,25H2,1-3H3. The van der Waals surface area contributed by atoms with E-state index in [0.717, 1.165) is 30.0 Å². The van der Waals surface area contributed by atoms with Gasteiger partial charge in [0, 0.05) is 30.1 Å². The molecule has 0 radical (unpaired) electrons. The molecule has 260 valence electrons. The Balaban J connectivity index is 1.42. The third-order valence-electron chi connectivity index (χ3n) is 9.24. The number of nitrogens with zero attached hydrogens (tertiary/aromatic N) is 6. The number of nitro groups is 1. The van der Waals surface area contributed by atoms with E-state index in [-0.39, 0.29) is 12.2 Å². The first kappa shape index (κ1) is 36.1. The number of rotatable bonds is 13. The molecule has 0 aromatic heterocycles. The first-order valence-electron chi connectivity index (χ1n) is 16.3. The van der Waals surface area contributed by atoms with Gasteiger partial charge in [0.05, 0.1) is 30.6 Å². The SMILES string of the molecule is COC(=O)C1(c2ccc([N+](=O)[O-])cc2)C=C(C)N=C(SCc2ccc(OC)cc2)N1N(C=O)CCCN1CCC(C#N)(c2ccccc2)CC1. The van der Waals surface area contributed by atoms with Crippen molar-refractivity contribution >= 4 is 35.0 Å². The number of thioether (sulfide) groups is 1. The zero-order valence-corrected chi connectivity index (χ0v) is 29.2. The van der Waals surface area contributed by atoms with Gasteiger partial charge in [0.15, 0.2) is 5.17 Å². The van der Waals surface area contributed by atoms with E-state index >= 15 is 0 Å². The molecule has 0 aliphatic carbocycles. The Kier molecular flexibility index (Phi) is 11.6. The van der Waals surface area contributed by atoms with E-state index in [4.69, 9.17) is 14.5 Å². The van der Waals surface area contributed by atoms with Gasteiger partial charge in [-0.2, -0.15) is 5.26 Å². The molecule has 1 saturated heterocycles. The molecular formula is C37H40N6O6S. The van der Waals surface area contributed by atoms with Crippen molar-refractivity contribution in [2.75, 3.05) is 40.4 Å². The van der Waals surface area contributed by atoms with Crippen molar-refractivity contribution in [1.29, 1.82) is 5.26 Å². The number of hydrogen-bond acceptors (Lipinski definition) is 11. The number of carbonyl (C=O) groups excluding carboxylic acids is 2. The third kappa shape index (κ3) is 7.51. The van der Waals surface area contributed by atoms with Gasteiger partial charge in [-0.3, -0.25) is 19.9 Å². The van der Waals surface area contributed by atoms with Crippen molar-refractivity contribution in [3.8, 4) is 11.8 Å². The summed E-state index contributed by atoms with van der Waals surface area (Å²) in [6.07, 6.45) is 4.27. The maximum atomic E-state index is 14.0. The van der Waals surface area contributed by atoms with E-state index in [1.54, 1.807) is 25.1 Å². The monoisotopic (exact) mass is 696 g/mol. The number of carbonyl (C=O) groups is 2. The van der Waals surface area contributed by atoms with Gasteiger partial charge in [-0.1, -0.05) is 54.2 Å². The molecule has 1 atom stereocenters. The Morgan fingerprint density at radius 2 is 1.74 bits per heavy atom. The Morgan fingerprint density at radius 3 is 2.32 bits per heavy atom. The number of benzene rings is 3. The van der Waals surface area contributed by atoms with Crippen molar-refractivity contribution in [2.45, 2.75) is 42.9 Å². The largest absolute Gasteiger partial charge is 0.497 e. The van der Waals surface area contributed by atoms with Crippen LogP contribution >= 0.6 is 11.8 Å². The van der Waals surface area contributed by atoms with Crippen LogP contribution in [0.1, 0.15) is 42.9 Å². The molecule has 0 N–H and O–H groups in total. The molecule has 0 spiro atoms. The molecule has 13 heteroatoms. The lowest BCUT2D eigenvalue weighted by atomic mass is 9.74. The number of non-ortho nitro benzene ring substituents is 1.